The Kier molecular flexibility index (Phi) is 7.11. The molecule has 0 bridgehead atoms. The van der Waals surface area contributed by atoms with E-state index in [0.29, 0.717) is 31.2 Å². The molecule has 156 valence electrons. The average molecular weight is 419 g/mol. The summed E-state index contributed by atoms with van der Waals surface area (Å²) in [5.41, 5.74) is 0.254. The Labute approximate surface area is 171 Å². The highest BCUT2D eigenvalue weighted by molar-refractivity contribution is 7.89. The Morgan fingerprint density at radius 2 is 1.59 bits per heavy atom. The molecular formula is C21H26N2O5S. The van der Waals surface area contributed by atoms with Crippen molar-refractivity contribution in [3.63, 3.8) is 0 Å². The van der Waals surface area contributed by atoms with Gasteiger partial charge in [-0.2, -0.15) is 4.31 Å². The van der Waals surface area contributed by atoms with Gasteiger partial charge in [0.2, 0.25) is 10.0 Å². The number of para-hydroxylation sites is 3. The highest BCUT2D eigenvalue weighted by Crippen LogP contribution is 2.28. The molecule has 1 saturated heterocycles. The first-order valence-corrected chi connectivity index (χ1v) is 11.2. The monoisotopic (exact) mass is 418 g/mol. The molecule has 29 heavy (non-hydrogen) atoms. The van der Waals surface area contributed by atoms with Crippen LogP contribution in [0.5, 0.6) is 11.5 Å². The number of carbonyl (C=O) groups is 1. The van der Waals surface area contributed by atoms with Gasteiger partial charge in [-0.3, -0.25) is 4.79 Å². The van der Waals surface area contributed by atoms with Gasteiger partial charge in [-0.25, -0.2) is 8.42 Å². The summed E-state index contributed by atoms with van der Waals surface area (Å²) in [6, 6.07) is 13.5. The number of sulfonamides is 1. The highest BCUT2D eigenvalue weighted by Gasteiger charge is 2.28. The van der Waals surface area contributed by atoms with Crippen molar-refractivity contribution in [3.8, 4) is 11.5 Å². The van der Waals surface area contributed by atoms with E-state index in [2.05, 4.69) is 5.32 Å². The molecule has 1 heterocycles. The second-order valence-corrected chi connectivity index (χ2v) is 8.58. The van der Waals surface area contributed by atoms with Gasteiger partial charge in [0, 0.05) is 13.1 Å². The van der Waals surface area contributed by atoms with Crippen molar-refractivity contribution >= 4 is 21.6 Å². The Morgan fingerprint density at radius 1 is 0.966 bits per heavy atom. The Bertz CT molecular complexity index is 940. The molecule has 8 heteroatoms. The van der Waals surface area contributed by atoms with E-state index in [1.165, 1.54) is 10.4 Å². The van der Waals surface area contributed by atoms with Gasteiger partial charge in [-0.1, -0.05) is 30.7 Å². The Balaban J connectivity index is 1.70. The molecule has 1 N–H and O–H groups in total. The lowest BCUT2D eigenvalue weighted by atomic mass is 10.2. The number of carbonyl (C=O) groups excluding carboxylic acids is 1. The maximum atomic E-state index is 13.0. The zero-order valence-electron chi connectivity index (χ0n) is 16.5. The van der Waals surface area contributed by atoms with E-state index in [4.69, 9.17) is 9.47 Å². The number of benzene rings is 2. The molecule has 1 aliphatic rings. The Morgan fingerprint density at radius 3 is 2.28 bits per heavy atom. The SMILES string of the molecule is CCOc1ccccc1OCC(=O)Nc1ccccc1S(=O)(=O)N1CCCCC1. The summed E-state index contributed by atoms with van der Waals surface area (Å²) < 4.78 is 38.6. The van der Waals surface area contributed by atoms with Crippen molar-refractivity contribution in [2.75, 3.05) is 31.6 Å². The molecular weight excluding hydrogens is 392 g/mol. The standard InChI is InChI=1S/C21H26N2O5S/c1-2-27-18-11-5-6-12-19(18)28-16-21(24)22-17-10-4-7-13-20(17)29(25,26)23-14-8-3-9-15-23/h4-7,10-13H,2-3,8-9,14-16H2,1H3,(H,22,24). The summed E-state index contributed by atoms with van der Waals surface area (Å²) in [5, 5.41) is 2.67. The quantitative estimate of drug-likeness (QED) is 0.711. The number of nitrogens with zero attached hydrogens (tertiary/aromatic N) is 1. The fourth-order valence-corrected chi connectivity index (χ4v) is 4.88. The topological polar surface area (TPSA) is 84.9 Å². The molecule has 0 aliphatic carbocycles. The van der Waals surface area contributed by atoms with Crippen LogP contribution in [0.25, 0.3) is 0 Å². The lowest BCUT2D eigenvalue weighted by Gasteiger charge is -2.26. The van der Waals surface area contributed by atoms with E-state index in [0.717, 1.165) is 19.3 Å². The van der Waals surface area contributed by atoms with Crippen LogP contribution in [0, 0.1) is 0 Å². The molecule has 0 radical (unpaired) electrons. The molecule has 0 saturated carbocycles. The number of rotatable bonds is 8. The van der Waals surface area contributed by atoms with Crippen molar-refractivity contribution < 1.29 is 22.7 Å². The van der Waals surface area contributed by atoms with Crippen LogP contribution in [-0.2, 0) is 14.8 Å². The van der Waals surface area contributed by atoms with Gasteiger partial charge >= 0.3 is 0 Å². The van der Waals surface area contributed by atoms with Crippen LogP contribution < -0.4 is 14.8 Å². The van der Waals surface area contributed by atoms with Crippen molar-refractivity contribution in [1.29, 1.82) is 0 Å². The van der Waals surface area contributed by atoms with Crippen LogP contribution in [0.1, 0.15) is 26.2 Å². The van der Waals surface area contributed by atoms with Crippen molar-refractivity contribution in [2.45, 2.75) is 31.1 Å². The summed E-state index contributed by atoms with van der Waals surface area (Å²) >= 11 is 0. The number of piperidine rings is 1. The van der Waals surface area contributed by atoms with E-state index >= 15 is 0 Å². The van der Waals surface area contributed by atoms with Gasteiger partial charge in [0.1, 0.15) is 4.90 Å². The van der Waals surface area contributed by atoms with Crippen LogP contribution >= 0.6 is 0 Å². The van der Waals surface area contributed by atoms with Crippen LogP contribution in [0.15, 0.2) is 53.4 Å². The summed E-state index contributed by atoms with van der Waals surface area (Å²) in [6.45, 7) is 3.09. The maximum absolute atomic E-state index is 13.0. The minimum atomic E-state index is -3.66. The van der Waals surface area contributed by atoms with Crippen LogP contribution in [0.4, 0.5) is 5.69 Å². The third kappa shape index (κ3) is 5.27. The fraction of sp³-hybridized carbons (Fsp3) is 0.381. The summed E-state index contributed by atoms with van der Waals surface area (Å²) in [5.74, 6) is 0.562. The number of nitrogens with one attached hydrogen (secondary N) is 1. The summed E-state index contributed by atoms with van der Waals surface area (Å²) in [4.78, 5) is 12.5. The van der Waals surface area contributed by atoms with E-state index in [1.54, 1.807) is 36.4 Å². The summed E-state index contributed by atoms with van der Waals surface area (Å²) in [7, 11) is -3.66. The van der Waals surface area contributed by atoms with E-state index < -0.39 is 15.9 Å². The van der Waals surface area contributed by atoms with Crippen molar-refractivity contribution in [1.82, 2.24) is 4.31 Å². The number of hydrogen-bond donors (Lipinski definition) is 1. The number of amides is 1. The zero-order valence-corrected chi connectivity index (χ0v) is 17.3. The smallest absolute Gasteiger partial charge is 0.262 e. The molecule has 0 aromatic heterocycles. The molecule has 0 atom stereocenters. The van der Waals surface area contributed by atoms with E-state index in [9.17, 15) is 13.2 Å². The van der Waals surface area contributed by atoms with E-state index in [1.807, 2.05) is 13.0 Å². The lowest BCUT2D eigenvalue weighted by molar-refractivity contribution is -0.118. The van der Waals surface area contributed by atoms with Gasteiger partial charge in [0.05, 0.1) is 12.3 Å². The molecule has 1 amide bonds. The average Bonchev–Trinajstić information content (AvgIpc) is 2.74. The second kappa shape index (κ2) is 9.76. The van der Waals surface area contributed by atoms with Crippen LogP contribution in [-0.4, -0.2) is 44.9 Å². The highest BCUT2D eigenvalue weighted by atomic mass is 32.2. The first-order chi connectivity index (χ1) is 14.0. The molecule has 2 aromatic carbocycles. The van der Waals surface area contributed by atoms with Crippen LogP contribution in [0.2, 0.25) is 0 Å². The minimum Gasteiger partial charge on any atom is -0.490 e. The van der Waals surface area contributed by atoms with E-state index in [-0.39, 0.29) is 17.2 Å². The molecule has 3 rings (SSSR count). The first-order valence-electron chi connectivity index (χ1n) is 9.76. The van der Waals surface area contributed by atoms with Crippen molar-refractivity contribution in [3.05, 3.63) is 48.5 Å². The normalized spacial score (nSPS) is 14.9. The Hall–Kier alpha value is -2.58. The third-order valence-corrected chi connectivity index (χ3v) is 6.56. The lowest BCUT2D eigenvalue weighted by Crippen LogP contribution is -2.36. The molecule has 2 aromatic rings. The van der Waals surface area contributed by atoms with Crippen molar-refractivity contribution in [2.24, 2.45) is 0 Å². The van der Waals surface area contributed by atoms with Gasteiger partial charge in [0.15, 0.2) is 18.1 Å². The molecule has 7 nitrogen and oxygen atoms in total. The van der Waals surface area contributed by atoms with Gasteiger partial charge in [-0.15, -0.1) is 0 Å². The van der Waals surface area contributed by atoms with Gasteiger partial charge in [0.25, 0.3) is 5.91 Å². The minimum absolute atomic E-state index is 0.102. The van der Waals surface area contributed by atoms with Crippen LogP contribution in [0.3, 0.4) is 0 Å². The fourth-order valence-electron chi connectivity index (χ4n) is 3.21. The molecule has 1 fully saturated rings. The number of hydrogen-bond acceptors (Lipinski definition) is 5. The summed E-state index contributed by atoms with van der Waals surface area (Å²) in [6.07, 6.45) is 2.73. The first kappa shape index (κ1) is 21.1. The second-order valence-electron chi connectivity index (χ2n) is 6.68. The predicted molar refractivity (Wildman–Crippen MR) is 111 cm³/mol. The largest absolute Gasteiger partial charge is 0.490 e. The number of ether oxygens (including phenoxy) is 2. The maximum Gasteiger partial charge on any atom is 0.262 e. The molecule has 1 aliphatic heterocycles. The molecule has 0 unspecified atom stereocenters. The predicted octanol–water partition coefficient (Wildman–Crippen LogP) is 3.28. The number of anilines is 1. The zero-order chi connectivity index (χ0) is 20.7. The third-order valence-electron chi connectivity index (χ3n) is 4.60. The van der Waals surface area contributed by atoms with Gasteiger partial charge < -0.3 is 14.8 Å². The van der Waals surface area contributed by atoms with Gasteiger partial charge in [-0.05, 0) is 44.0 Å². The molecule has 0 spiro atoms.